The topological polar surface area (TPSA) is 87.2 Å². The van der Waals surface area contributed by atoms with Gasteiger partial charge in [0.2, 0.25) is 0 Å². The smallest absolute Gasteiger partial charge is 0.282 e. The number of benzene rings is 1. The average molecular weight is 458 g/mol. The summed E-state index contributed by atoms with van der Waals surface area (Å²) >= 11 is 0. The van der Waals surface area contributed by atoms with Gasteiger partial charge >= 0.3 is 0 Å². The van der Waals surface area contributed by atoms with E-state index in [1.165, 1.54) is 14.2 Å². The number of nitrogens with zero attached hydrogens (tertiary/aromatic N) is 3. The van der Waals surface area contributed by atoms with E-state index in [4.69, 9.17) is 4.74 Å². The Morgan fingerprint density at radius 2 is 1.83 bits per heavy atom. The fraction of sp³-hybridized carbons (Fsp3) is 0.700. The maximum absolute atomic E-state index is 13.6. The molecule has 1 aromatic carbocycles. The summed E-state index contributed by atoms with van der Waals surface area (Å²) in [7, 11) is -6.92. The summed E-state index contributed by atoms with van der Waals surface area (Å²) < 4.78 is 59.7. The molecule has 0 aliphatic carbocycles. The van der Waals surface area contributed by atoms with Gasteiger partial charge in [-0.1, -0.05) is 24.3 Å². The molecule has 1 aromatic rings. The zero-order valence-electron chi connectivity index (χ0n) is 17.3. The highest BCUT2D eigenvalue weighted by Gasteiger charge is 2.41. The quantitative estimate of drug-likeness (QED) is 0.593. The second-order valence-corrected chi connectivity index (χ2v) is 12.4. The zero-order valence-corrected chi connectivity index (χ0v) is 18.9. The molecule has 3 aliphatic heterocycles. The number of ether oxygens (including phenoxy) is 1. The Balaban J connectivity index is 1.49. The van der Waals surface area contributed by atoms with Crippen LogP contribution in [0.3, 0.4) is 0 Å². The molecule has 10 heteroatoms. The van der Waals surface area contributed by atoms with E-state index in [9.17, 15) is 16.8 Å². The lowest BCUT2D eigenvalue weighted by Crippen LogP contribution is -2.51. The molecule has 0 bridgehead atoms. The van der Waals surface area contributed by atoms with Crippen LogP contribution in [0.4, 0.5) is 0 Å². The molecular weight excluding hydrogens is 426 g/mol. The zero-order chi connectivity index (χ0) is 21.2. The number of sulfone groups is 1. The molecule has 2 fully saturated rings. The predicted octanol–water partition coefficient (Wildman–Crippen LogP) is 0.501. The summed E-state index contributed by atoms with van der Waals surface area (Å²) in [6.45, 7) is 5.03. The Morgan fingerprint density at radius 1 is 1.10 bits per heavy atom. The van der Waals surface area contributed by atoms with Crippen LogP contribution in [0.15, 0.2) is 24.3 Å². The Kier molecular flexibility index (Phi) is 6.81. The lowest BCUT2D eigenvalue weighted by molar-refractivity contribution is 0.0366. The van der Waals surface area contributed by atoms with Crippen LogP contribution in [-0.4, -0.2) is 93.8 Å². The summed E-state index contributed by atoms with van der Waals surface area (Å²) in [6.07, 6.45) is 1.74. The van der Waals surface area contributed by atoms with Crippen LogP contribution >= 0.6 is 0 Å². The van der Waals surface area contributed by atoms with Gasteiger partial charge in [0, 0.05) is 38.8 Å². The van der Waals surface area contributed by atoms with Crippen molar-refractivity contribution in [3.8, 4) is 0 Å². The second kappa shape index (κ2) is 9.22. The molecule has 1 unspecified atom stereocenters. The normalized spacial score (nSPS) is 25.4. The monoisotopic (exact) mass is 457 g/mol. The van der Waals surface area contributed by atoms with Crippen molar-refractivity contribution in [3.05, 3.63) is 35.4 Å². The van der Waals surface area contributed by atoms with Gasteiger partial charge in [0.05, 0.1) is 24.7 Å². The molecule has 0 spiro atoms. The van der Waals surface area contributed by atoms with Crippen LogP contribution in [-0.2, 0) is 37.7 Å². The third-order valence-electron chi connectivity index (χ3n) is 6.29. The van der Waals surface area contributed by atoms with E-state index < -0.39 is 26.1 Å². The molecule has 8 nitrogen and oxygen atoms in total. The lowest BCUT2D eigenvalue weighted by atomic mass is 10.0. The number of rotatable bonds is 7. The van der Waals surface area contributed by atoms with E-state index in [-0.39, 0.29) is 11.5 Å². The third kappa shape index (κ3) is 5.05. The highest BCUT2D eigenvalue weighted by molar-refractivity contribution is 7.91. The summed E-state index contributed by atoms with van der Waals surface area (Å²) in [5, 5.41) is 0. The average Bonchev–Trinajstić information content (AvgIpc) is 3.10. The van der Waals surface area contributed by atoms with Gasteiger partial charge in [0.15, 0.2) is 9.84 Å². The predicted molar refractivity (Wildman–Crippen MR) is 115 cm³/mol. The van der Waals surface area contributed by atoms with Crippen molar-refractivity contribution in [3.63, 3.8) is 0 Å². The molecular formula is C20H31N3O5S2. The van der Waals surface area contributed by atoms with Crippen LogP contribution in [0.1, 0.15) is 24.0 Å². The molecule has 0 amide bonds. The fourth-order valence-electron chi connectivity index (χ4n) is 4.58. The van der Waals surface area contributed by atoms with Crippen LogP contribution in [0.2, 0.25) is 0 Å². The van der Waals surface area contributed by atoms with Gasteiger partial charge in [-0.2, -0.15) is 17.0 Å². The molecule has 3 aliphatic rings. The first-order chi connectivity index (χ1) is 14.4. The number of fused-ring (bicyclic) bond motifs is 1. The molecule has 0 radical (unpaired) electrons. The van der Waals surface area contributed by atoms with Crippen molar-refractivity contribution in [1.82, 2.24) is 13.5 Å². The molecule has 30 heavy (non-hydrogen) atoms. The van der Waals surface area contributed by atoms with Crippen LogP contribution in [0.5, 0.6) is 0 Å². The first-order valence-electron chi connectivity index (χ1n) is 10.7. The minimum atomic E-state index is -3.74. The van der Waals surface area contributed by atoms with Crippen molar-refractivity contribution in [2.45, 2.75) is 31.8 Å². The van der Waals surface area contributed by atoms with Crippen molar-refractivity contribution in [2.75, 3.05) is 57.4 Å². The van der Waals surface area contributed by atoms with Crippen LogP contribution in [0, 0.1) is 0 Å². The Morgan fingerprint density at radius 3 is 2.53 bits per heavy atom. The lowest BCUT2D eigenvalue weighted by Gasteiger charge is -2.36. The van der Waals surface area contributed by atoms with Gasteiger partial charge in [-0.25, -0.2) is 8.42 Å². The minimum absolute atomic E-state index is 0.0655. The van der Waals surface area contributed by atoms with Crippen LogP contribution in [0.25, 0.3) is 0 Å². The Bertz CT molecular complexity index is 945. The molecule has 0 aromatic heterocycles. The van der Waals surface area contributed by atoms with Crippen molar-refractivity contribution in [1.29, 1.82) is 0 Å². The van der Waals surface area contributed by atoms with E-state index >= 15 is 0 Å². The maximum atomic E-state index is 13.6. The molecule has 2 saturated heterocycles. The summed E-state index contributed by atoms with van der Waals surface area (Å²) in [5.41, 5.74) is 2.21. The highest BCUT2D eigenvalue weighted by Crippen LogP contribution is 2.27. The first kappa shape index (κ1) is 22.2. The molecule has 168 valence electrons. The molecule has 1 atom stereocenters. The van der Waals surface area contributed by atoms with E-state index in [1.54, 1.807) is 0 Å². The van der Waals surface area contributed by atoms with Crippen LogP contribution < -0.4 is 0 Å². The van der Waals surface area contributed by atoms with Crippen molar-refractivity contribution >= 4 is 20.0 Å². The van der Waals surface area contributed by atoms with E-state index in [1.807, 2.05) is 24.3 Å². The molecule has 0 saturated carbocycles. The third-order valence-corrected chi connectivity index (χ3v) is 10.1. The second-order valence-electron chi connectivity index (χ2n) is 8.34. The van der Waals surface area contributed by atoms with E-state index in [0.29, 0.717) is 52.1 Å². The van der Waals surface area contributed by atoms with Crippen molar-refractivity contribution < 1.29 is 21.6 Å². The maximum Gasteiger partial charge on any atom is 0.282 e. The highest BCUT2D eigenvalue weighted by atomic mass is 32.2. The van der Waals surface area contributed by atoms with Gasteiger partial charge in [-0.15, -0.1) is 0 Å². The van der Waals surface area contributed by atoms with Crippen molar-refractivity contribution in [2.24, 2.45) is 0 Å². The van der Waals surface area contributed by atoms with Gasteiger partial charge in [0.1, 0.15) is 0 Å². The Labute approximate surface area is 179 Å². The van der Waals surface area contributed by atoms with Gasteiger partial charge in [0.25, 0.3) is 10.2 Å². The largest absolute Gasteiger partial charge is 0.379 e. The Hall–Kier alpha value is -1.04. The van der Waals surface area contributed by atoms with Gasteiger partial charge in [-0.3, -0.25) is 4.90 Å². The summed E-state index contributed by atoms with van der Waals surface area (Å²) in [4.78, 5) is 2.27. The van der Waals surface area contributed by atoms with E-state index in [0.717, 1.165) is 25.2 Å². The first-order valence-corrected chi connectivity index (χ1v) is 13.9. The molecule has 4 rings (SSSR count). The SMILES string of the molecule is O=S1(=O)CCC(N(CCCN2CCOCC2)S(=O)(=O)N2CCc3ccccc3C2)C1. The fourth-order valence-corrected chi connectivity index (χ4v) is 8.24. The van der Waals surface area contributed by atoms with E-state index in [2.05, 4.69) is 4.90 Å². The number of hydrogen-bond acceptors (Lipinski definition) is 6. The van der Waals surface area contributed by atoms with Gasteiger partial charge < -0.3 is 4.74 Å². The molecule has 0 N–H and O–H groups in total. The summed E-state index contributed by atoms with van der Waals surface area (Å²) in [6, 6.07) is 7.45. The number of hydrogen-bond donors (Lipinski definition) is 0. The molecule has 3 heterocycles. The van der Waals surface area contributed by atoms with Gasteiger partial charge in [-0.05, 0) is 36.9 Å². The number of morpholine rings is 1. The minimum Gasteiger partial charge on any atom is -0.379 e. The summed E-state index contributed by atoms with van der Waals surface area (Å²) in [5.74, 6) is -0.00973. The standard InChI is InChI=1S/C20H31N3O5S2/c24-29(25)15-7-20(17-29)23(9-3-8-21-11-13-28-14-12-21)30(26,27)22-10-6-18-4-1-2-5-19(18)16-22/h1-2,4-5,20H,3,6-17H2.